The number of carbonyl (C=O) groups excluding carboxylic acids is 1. The van der Waals surface area contributed by atoms with E-state index in [4.69, 9.17) is 4.74 Å². The first-order chi connectivity index (χ1) is 10.2. The third kappa shape index (κ3) is 3.42. The van der Waals surface area contributed by atoms with Crippen LogP contribution in [0.25, 0.3) is 11.0 Å². The second-order valence-corrected chi connectivity index (χ2v) is 5.72. The number of rotatable bonds is 5. The number of hydrogen-bond acceptors (Lipinski definition) is 3. The normalized spacial score (nSPS) is 19.8. The van der Waals surface area contributed by atoms with Gasteiger partial charge < -0.3 is 15.0 Å². The number of amides is 1. The topological polar surface area (TPSA) is 67.0 Å². The zero-order chi connectivity index (χ0) is 14.7. The van der Waals surface area contributed by atoms with E-state index in [0.717, 1.165) is 43.3 Å². The van der Waals surface area contributed by atoms with Crippen LogP contribution >= 0.6 is 0 Å². The Labute approximate surface area is 124 Å². The molecule has 0 radical (unpaired) electrons. The van der Waals surface area contributed by atoms with Crippen molar-refractivity contribution in [2.24, 2.45) is 0 Å². The molecule has 0 spiro atoms. The Morgan fingerprint density at radius 2 is 2.48 bits per heavy atom. The molecule has 1 aliphatic rings. The first-order valence-electron chi connectivity index (χ1n) is 7.58. The fourth-order valence-corrected chi connectivity index (χ4v) is 2.76. The summed E-state index contributed by atoms with van der Waals surface area (Å²) >= 11 is 0. The van der Waals surface area contributed by atoms with Gasteiger partial charge in [-0.25, -0.2) is 4.98 Å². The van der Waals surface area contributed by atoms with Gasteiger partial charge in [0.1, 0.15) is 0 Å². The molecule has 3 rings (SSSR count). The summed E-state index contributed by atoms with van der Waals surface area (Å²) in [5, 5.41) is 3.05. The van der Waals surface area contributed by atoms with Gasteiger partial charge in [0.25, 0.3) is 5.91 Å². The molecule has 0 unspecified atom stereocenters. The molecule has 5 nitrogen and oxygen atoms in total. The number of hydrogen-bond donors (Lipinski definition) is 2. The molecule has 1 aromatic carbocycles. The van der Waals surface area contributed by atoms with Gasteiger partial charge in [0.15, 0.2) is 0 Å². The second-order valence-electron chi connectivity index (χ2n) is 5.72. The summed E-state index contributed by atoms with van der Waals surface area (Å²) in [6.07, 6.45) is 6.29. The van der Waals surface area contributed by atoms with Crippen LogP contribution in [0.15, 0.2) is 24.5 Å². The zero-order valence-corrected chi connectivity index (χ0v) is 12.3. The highest BCUT2D eigenvalue weighted by molar-refractivity contribution is 5.97. The molecular weight excluding hydrogens is 266 g/mol. The largest absolute Gasteiger partial charge is 0.378 e. The highest BCUT2D eigenvalue weighted by Gasteiger charge is 2.17. The van der Waals surface area contributed by atoms with Gasteiger partial charge >= 0.3 is 0 Å². The number of aromatic nitrogens is 2. The molecule has 0 bridgehead atoms. The van der Waals surface area contributed by atoms with Crippen molar-refractivity contribution < 1.29 is 9.53 Å². The van der Waals surface area contributed by atoms with Crippen LogP contribution in [0.4, 0.5) is 0 Å². The van der Waals surface area contributed by atoms with Gasteiger partial charge in [-0.1, -0.05) is 0 Å². The predicted molar refractivity (Wildman–Crippen MR) is 81.2 cm³/mol. The Bertz CT molecular complexity index is 617. The molecule has 5 heteroatoms. The Kier molecular flexibility index (Phi) is 4.20. The fraction of sp³-hybridized carbons (Fsp3) is 0.500. The van der Waals surface area contributed by atoms with E-state index in [9.17, 15) is 4.79 Å². The van der Waals surface area contributed by atoms with Gasteiger partial charge in [-0.05, 0) is 50.8 Å². The number of nitrogens with zero attached hydrogens (tertiary/aromatic N) is 1. The third-order valence-electron chi connectivity index (χ3n) is 4.01. The van der Waals surface area contributed by atoms with Crippen molar-refractivity contribution in [2.45, 2.75) is 44.8 Å². The van der Waals surface area contributed by atoms with Crippen molar-refractivity contribution in [3.05, 3.63) is 30.1 Å². The highest BCUT2D eigenvalue weighted by Crippen LogP contribution is 2.18. The molecule has 1 fully saturated rings. The summed E-state index contributed by atoms with van der Waals surface area (Å²) in [6, 6.07) is 5.66. The van der Waals surface area contributed by atoms with Crippen LogP contribution in [0.2, 0.25) is 0 Å². The first kappa shape index (κ1) is 14.1. The maximum absolute atomic E-state index is 12.2. The summed E-state index contributed by atoms with van der Waals surface area (Å²) in [5.74, 6) is -0.0358. The van der Waals surface area contributed by atoms with Crippen LogP contribution in [-0.4, -0.2) is 34.6 Å². The Morgan fingerprint density at radius 3 is 3.29 bits per heavy atom. The van der Waals surface area contributed by atoms with Crippen molar-refractivity contribution in [1.29, 1.82) is 0 Å². The number of nitrogens with one attached hydrogen (secondary N) is 2. The summed E-state index contributed by atoms with van der Waals surface area (Å²) in [5.41, 5.74) is 2.42. The molecule has 21 heavy (non-hydrogen) atoms. The van der Waals surface area contributed by atoms with E-state index in [1.807, 2.05) is 25.1 Å². The van der Waals surface area contributed by atoms with Gasteiger partial charge in [-0.15, -0.1) is 0 Å². The summed E-state index contributed by atoms with van der Waals surface area (Å²) < 4.78 is 5.61. The van der Waals surface area contributed by atoms with Gasteiger partial charge in [-0.3, -0.25) is 4.79 Å². The zero-order valence-electron chi connectivity index (χ0n) is 12.3. The van der Waals surface area contributed by atoms with Gasteiger partial charge in [0.2, 0.25) is 0 Å². The van der Waals surface area contributed by atoms with E-state index in [1.54, 1.807) is 6.33 Å². The minimum Gasteiger partial charge on any atom is -0.378 e. The lowest BCUT2D eigenvalue weighted by Gasteiger charge is -2.16. The number of carbonyl (C=O) groups is 1. The Morgan fingerprint density at radius 1 is 1.57 bits per heavy atom. The van der Waals surface area contributed by atoms with Crippen LogP contribution in [0.5, 0.6) is 0 Å². The Balaban J connectivity index is 1.54. The number of fused-ring (bicyclic) bond motifs is 1. The number of H-pyrrole nitrogens is 1. The molecule has 0 saturated carbocycles. The van der Waals surface area contributed by atoms with E-state index in [0.29, 0.717) is 11.7 Å². The van der Waals surface area contributed by atoms with Crippen LogP contribution < -0.4 is 5.32 Å². The average Bonchev–Trinajstić information content (AvgIpc) is 3.15. The minimum atomic E-state index is -0.0358. The molecule has 1 saturated heterocycles. The maximum Gasteiger partial charge on any atom is 0.251 e. The number of aromatic amines is 1. The lowest BCUT2D eigenvalue weighted by molar-refractivity contribution is 0.0899. The molecule has 2 atom stereocenters. The smallest absolute Gasteiger partial charge is 0.251 e. The summed E-state index contributed by atoms with van der Waals surface area (Å²) in [4.78, 5) is 19.4. The quantitative estimate of drug-likeness (QED) is 0.888. The van der Waals surface area contributed by atoms with Crippen molar-refractivity contribution in [3.63, 3.8) is 0 Å². The van der Waals surface area contributed by atoms with Crippen LogP contribution in [0.1, 0.15) is 43.0 Å². The minimum absolute atomic E-state index is 0.0358. The van der Waals surface area contributed by atoms with E-state index >= 15 is 0 Å². The molecule has 2 heterocycles. The Hall–Kier alpha value is -1.88. The number of ether oxygens (including phenoxy) is 1. The van der Waals surface area contributed by atoms with Crippen LogP contribution in [-0.2, 0) is 4.74 Å². The monoisotopic (exact) mass is 287 g/mol. The molecule has 1 aromatic heterocycles. The summed E-state index contributed by atoms with van der Waals surface area (Å²) in [6.45, 7) is 2.93. The number of benzene rings is 1. The SMILES string of the molecule is C[C@@H](CC[C@@H]1CCCO1)NC(=O)c1ccc2nc[nH]c2c1. The molecule has 1 amide bonds. The van der Waals surface area contributed by atoms with Crippen molar-refractivity contribution in [1.82, 2.24) is 15.3 Å². The van der Waals surface area contributed by atoms with Gasteiger partial charge in [0, 0.05) is 18.2 Å². The fourth-order valence-electron chi connectivity index (χ4n) is 2.76. The third-order valence-corrected chi connectivity index (χ3v) is 4.01. The van der Waals surface area contributed by atoms with Crippen molar-refractivity contribution in [3.8, 4) is 0 Å². The lowest BCUT2D eigenvalue weighted by atomic mass is 10.1. The molecule has 2 N–H and O–H groups in total. The summed E-state index contributed by atoms with van der Waals surface area (Å²) in [7, 11) is 0. The maximum atomic E-state index is 12.2. The number of imidazole rings is 1. The van der Waals surface area contributed by atoms with Crippen molar-refractivity contribution in [2.75, 3.05) is 6.61 Å². The van der Waals surface area contributed by atoms with E-state index in [2.05, 4.69) is 15.3 Å². The first-order valence-corrected chi connectivity index (χ1v) is 7.58. The van der Waals surface area contributed by atoms with E-state index in [1.165, 1.54) is 0 Å². The highest BCUT2D eigenvalue weighted by atomic mass is 16.5. The molecule has 2 aromatic rings. The second kappa shape index (κ2) is 6.26. The molecule has 0 aliphatic carbocycles. The average molecular weight is 287 g/mol. The van der Waals surface area contributed by atoms with E-state index < -0.39 is 0 Å². The molecule has 112 valence electrons. The van der Waals surface area contributed by atoms with Gasteiger partial charge in [0.05, 0.1) is 23.5 Å². The predicted octanol–water partition coefficient (Wildman–Crippen LogP) is 2.64. The standard InChI is InChI=1S/C16H21N3O2/c1-11(4-6-13-3-2-8-21-13)19-16(20)12-5-7-14-15(9-12)18-10-17-14/h5,7,9-11,13H,2-4,6,8H2,1H3,(H,17,18)(H,19,20)/t11-,13-/m0/s1. The molecule has 1 aliphatic heterocycles. The molecular formula is C16H21N3O2. The van der Waals surface area contributed by atoms with Gasteiger partial charge in [-0.2, -0.15) is 0 Å². The lowest BCUT2D eigenvalue weighted by Crippen LogP contribution is -2.33. The van der Waals surface area contributed by atoms with E-state index in [-0.39, 0.29) is 11.9 Å². The van der Waals surface area contributed by atoms with Crippen molar-refractivity contribution >= 4 is 16.9 Å². The van der Waals surface area contributed by atoms with Crippen LogP contribution in [0.3, 0.4) is 0 Å². The van der Waals surface area contributed by atoms with Crippen LogP contribution in [0, 0.1) is 0 Å².